The molecule has 0 bridgehead atoms. The molecule has 0 amide bonds. The Morgan fingerprint density at radius 2 is 2.06 bits per heavy atom. The lowest BCUT2D eigenvalue weighted by atomic mass is 10.2. The molecule has 1 aliphatic carbocycles. The summed E-state index contributed by atoms with van der Waals surface area (Å²) in [5, 5.41) is 9.67. The molecule has 0 saturated heterocycles. The van der Waals surface area contributed by atoms with E-state index in [2.05, 4.69) is 49.5 Å². The Labute approximate surface area is 105 Å². The van der Waals surface area contributed by atoms with E-state index in [0.717, 1.165) is 19.4 Å². The van der Waals surface area contributed by atoms with Crippen LogP contribution in [0.1, 0.15) is 26.7 Å². The van der Waals surface area contributed by atoms with Crippen molar-refractivity contribution in [1.29, 1.82) is 0 Å². The molecule has 1 saturated carbocycles. The zero-order valence-corrected chi connectivity index (χ0v) is 10.5. The number of rotatable bonds is 6. The lowest BCUT2D eigenvalue weighted by Crippen LogP contribution is -2.13. The van der Waals surface area contributed by atoms with E-state index in [4.69, 9.17) is 5.53 Å². The van der Waals surface area contributed by atoms with Gasteiger partial charge in [0.25, 0.3) is 0 Å². The summed E-state index contributed by atoms with van der Waals surface area (Å²) >= 11 is 0. The zero-order valence-electron chi connectivity index (χ0n) is 10.5. The Bertz CT molecular complexity index is 461. The number of nitrogens with zero attached hydrogens (tertiary/aromatic N) is 6. The van der Waals surface area contributed by atoms with Gasteiger partial charge >= 0.3 is 0 Å². The maximum absolute atomic E-state index is 8.43. The molecule has 0 unspecified atom stereocenters. The van der Waals surface area contributed by atoms with Crippen molar-refractivity contribution in [3.05, 3.63) is 10.4 Å². The Morgan fingerprint density at radius 1 is 1.33 bits per heavy atom. The summed E-state index contributed by atoms with van der Waals surface area (Å²) < 4.78 is 0. The second-order valence-corrected chi connectivity index (χ2v) is 4.67. The van der Waals surface area contributed by atoms with Crippen LogP contribution in [0.5, 0.6) is 0 Å². The Hall–Kier alpha value is -2.08. The minimum absolute atomic E-state index is 0.0851. The summed E-state index contributed by atoms with van der Waals surface area (Å²) in [4.78, 5) is 15.0. The lowest BCUT2D eigenvalue weighted by molar-refractivity contribution is 0.684. The Morgan fingerprint density at radius 3 is 2.67 bits per heavy atom. The van der Waals surface area contributed by atoms with Gasteiger partial charge < -0.3 is 10.6 Å². The van der Waals surface area contributed by atoms with Gasteiger partial charge in [0.2, 0.25) is 17.8 Å². The van der Waals surface area contributed by atoms with Crippen molar-refractivity contribution < 1.29 is 0 Å². The molecule has 0 aromatic carbocycles. The maximum Gasteiger partial charge on any atom is 0.228 e. The smallest absolute Gasteiger partial charge is 0.228 e. The van der Waals surface area contributed by atoms with E-state index in [1.807, 2.05) is 0 Å². The van der Waals surface area contributed by atoms with Crippen LogP contribution in [0, 0.1) is 5.92 Å². The molecule has 0 aliphatic heterocycles. The minimum atomic E-state index is 0.0851. The van der Waals surface area contributed by atoms with E-state index in [9.17, 15) is 0 Å². The van der Waals surface area contributed by atoms with Crippen molar-refractivity contribution in [1.82, 2.24) is 15.0 Å². The summed E-state index contributed by atoms with van der Waals surface area (Å²) in [5.74, 6) is 1.46. The molecular formula is C10H16N8. The van der Waals surface area contributed by atoms with Crippen molar-refractivity contribution in [3.63, 3.8) is 0 Å². The Balaban J connectivity index is 2.14. The lowest BCUT2D eigenvalue weighted by Gasteiger charge is -2.09. The van der Waals surface area contributed by atoms with Gasteiger partial charge in [-0.3, -0.25) is 0 Å². The summed E-state index contributed by atoms with van der Waals surface area (Å²) in [5.41, 5.74) is 8.43. The predicted octanol–water partition coefficient (Wildman–Crippen LogP) is 2.46. The molecule has 2 rings (SSSR count). The molecule has 1 aliphatic rings. The van der Waals surface area contributed by atoms with Crippen LogP contribution in [0.25, 0.3) is 10.4 Å². The molecule has 8 heteroatoms. The van der Waals surface area contributed by atoms with Gasteiger partial charge in [-0.05, 0) is 29.4 Å². The summed E-state index contributed by atoms with van der Waals surface area (Å²) in [6.07, 6.45) is 2.24. The van der Waals surface area contributed by atoms with Crippen molar-refractivity contribution in [2.24, 2.45) is 11.0 Å². The van der Waals surface area contributed by atoms with Crippen LogP contribution >= 0.6 is 0 Å². The van der Waals surface area contributed by atoms with E-state index in [0.29, 0.717) is 23.9 Å². The monoisotopic (exact) mass is 248 g/mol. The quantitative estimate of drug-likeness (QED) is 0.456. The van der Waals surface area contributed by atoms with Crippen molar-refractivity contribution in [2.75, 3.05) is 17.2 Å². The molecule has 8 nitrogen and oxygen atoms in total. The van der Waals surface area contributed by atoms with Crippen LogP contribution in [0.15, 0.2) is 5.11 Å². The SMILES string of the molecule is CC(C)CNc1nc(N=[N+]=[N-])nc(NC2CC2)n1. The van der Waals surface area contributed by atoms with Crippen LogP contribution in [0.4, 0.5) is 17.8 Å². The average molecular weight is 248 g/mol. The molecular weight excluding hydrogens is 232 g/mol. The molecule has 0 atom stereocenters. The van der Waals surface area contributed by atoms with Crippen LogP contribution in [0.3, 0.4) is 0 Å². The van der Waals surface area contributed by atoms with Crippen LogP contribution < -0.4 is 10.6 Å². The molecule has 1 heterocycles. The number of azide groups is 1. The minimum Gasteiger partial charge on any atom is -0.354 e. The first kappa shape index (κ1) is 12.4. The highest BCUT2D eigenvalue weighted by Crippen LogP contribution is 2.24. The summed E-state index contributed by atoms with van der Waals surface area (Å²) in [6, 6.07) is 0.435. The van der Waals surface area contributed by atoms with Crippen LogP contribution in [-0.4, -0.2) is 27.5 Å². The molecule has 1 aromatic heterocycles. The third kappa shape index (κ3) is 3.74. The highest BCUT2D eigenvalue weighted by atomic mass is 15.3. The van der Waals surface area contributed by atoms with E-state index in [-0.39, 0.29) is 5.95 Å². The van der Waals surface area contributed by atoms with Gasteiger partial charge in [0.05, 0.1) is 0 Å². The first-order valence-electron chi connectivity index (χ1n) is 5.99. The first-order valence-corrected chi connectivity index (χ1v) is 5.99. The van der Waals surface area contributed by atoms with E-state index in [1.165, 1.54) is 0 Å². The van der Waals surface area contributed by atoms with E-state index in [1.54, 1.807) is 0 Å². The number of nitrogens with one attached hydrogen (secondary N) is 2. The standard InChI is InChI=1S/C10H16N8/c1-6(2)5-12-8-14-9(13-7-3-4-7)16-10(15-8)17-18-11/h6-7H,3-5H2,1-2H3,(H2,12,13,14,15,16). The molecule has 0 radical (unpaired) electrons. The highest BCUT2D eigenvalue weighted by Gasteiger charge is 2.22. The van der Waals surface area contributed by atoms with E-state index >= 15 is 0 Å². The number of aromatic nitrogens is 3. The van der Waals surface area contributed by atoms with Gasteiger partial charge in [-0.1, -0.05) is 13.8 Å². The number of hydrogen-bond donors (Lipinski definition) is 2. The molecule has 0 spiro atoms. The fourth-order valence-electron chi connectivity index (χ4n) is 1.30. The molecule has 1 aromatic rings. The molecule has 1 fully saturated rings. The maximum atomic E-state index is 8.43. The molecule has 2 N–H and O–H groups in total. The van der Waals surface area contributed by atoms with Gasteiger partial charge in [-0.2, -0.15) is 15.0 Å². The normalized spacial score (nSPS) is 14.2. The highest BCUT2D eigenvalue weighted by molar-refractivity contribution is 5.40. The van der Waals surface area contributed by atoms with Crippen molar-refractivity contribution in [3.8, 4) is 0 Å². The van der Waals surface area contributed by atoms with Gasteiger partial charge in [0.15, 0.2) is 0 Å². The Kier molecular flexibility index (Phi) is 3.78. The number of hydrogen-bond acceptors (Lipinski definition) is 6. The molecule has 96 valence electrons. The fraction of sp³-hybridized carbons (Fsp3) is 0.700. The third-order valence-corrected chi connectivity index (χ3v) is 2.34. The second-order valence-electron chi connectivity index (χ2n) is 4.67. The average Bonchev–Trinajstić information content (AvgIpc) is 3.10. The second kappa shape index (κ2) is 5.50. The van der Waals surface area contributed by atoms with E-state index < -0.39 is 0 Å². The van der Waals surface area contributed by atoms with Crippen LogP contribution in [0.2, 0.25) is 0 Å². The third-order valence-electron chi connectivity index (χ3n) is 2.34. The predicted molar refractivity (Wildman–Crippen MR) is 68.6 cm³/mol. The number of anilines is 2. The summed E-state index contributed by atoms with van der Waals surface area (Å²) in [6.45, 7) is 4.93. The van der Waals surface area contributed by atoms with Gasteiger partial charge in [0.1, 0.15) is 0 Å². The van der Waals surface area contributed by atoms with Gasteiger partial charge in [-0.25, -0.2) is 0 Å². The fourth-order valence-corrected chi connectivity index (χ4v) is 1.30. The zero-order chi connectivity index (χ0) is 13.0. The summed E-state index contributed by atoms with van der Waals surface area (Å²) in [7, 11) is 0. The van der Waals surface area contributed by atoms with Crippen molar-refractivity contribution in [2.45, 2.75) is 32.7 Å². The van der Waals surface area contributed by atoms with Crippen molar-refractivity contribution >= 4 is 17.8 Å². The molecule has 18 heavy (non-hydrogen) atoms. The van der Waals surface area contributed by atoms with Gasteiger partial charge in [0, 0.05) is 17.5 Å². The largest absolute Gasteiger partial charge is 0.354 e. The van der Waals surface area contributed by atoms with Gasteiger partial charge in [-0.15, -0.1) is 0 Å². The first-order chi connectivity index (χ1) is 8.67. The van der Waals surface area contributed by atoms with Crippen LogP contribution in [-0.2, 0) is 0 Å². The topological polar surface area (TPSA) is 111 Å².